The van der Waals surface area contributed by atoms with Gasteiger partial charge in [-0.05, 0) is 43.5 Å². The minimum Gasteiger partial charge on any atom is -0.312 e. The van der Waals surface area contributed by atoms with E-state index in [1.54, 1.807) is 0 Å². The third-order valence-electron chi connectivity index (χ3n) is 3.54. The fourth-order valence-corrected chi connectivity index (χ4v) is 2.39. The summed E-state index contributed by atoms with van der Waals surface area (Å²) >= 11 is 0. The van der Waals surface area contributed by atoms with E-state index in [2.05, 4.69) is 45.0 Å². The zero-order valence-corrected chi connectivity index (χ0v) is 13.1. The lowest BCUT2D eigenvalue weighted by Crippen LogP contribution is -2.33. The number of hydrogen-bond donors (Lipinski definition) is 0. The van der Waals surface area contributed by atoms with Crippen molar-refractivity contribution >= 4 is 11.6 Å². The standard InChI is InChI=1S/C19H23NO/c1-4-12-20(18-7-5-6-16(3)13-18)19(21)14-17-10-8-15(2)9-11-17/h5-11,13H,4,12,14H2,1-3H3. The van der Waals surface area contributed by atoms with Crippen LogP contribution < -0.4 is 4.90 Å². The van der Waals surface area contributed by atoms with Crippen molar-refractivity contribution in [2.24, 2.45) is 0 Å². The Bertz CT molecular complexity index is 601. The summed E-state index contributed by atoms with van der Waals surface area (Å²) in [6.07, 6.45) is 1.40. The smallest absolute Gasteiger partial charge is 0.231 e. The van der Waals surface area contributed by atoms with E-state index in [1.165, 1.54) is 11.1 Å². The highest BCUT2D eigenvalue weighted by Gasteiger charge is 2.15. The molecule has 2 heteroatoms. The molecule has 0 N–H and O–H groups in total. The Morgan fingerprint density at radius 2 is 1.71 bits per heavy atom. The molecule has 0 aliphatic carbocycles. The van der Waals surface area contributed by atoms with Gasteiger partial charge in [0, 0.05) is 12.2 Å². The number of benzene rings is 2. The molecule has 0 fully saturated rings. The van der Waals surface area contributed by atoms with Gasteiger partial charge >= 0.3 is 0 Å². The Morgan fingerprint density at radius 1 is 1.00 bits per heavy atom. The summed E-state index contributed by atoms with van der Waals surface area (Å²) in [5.41, 5.74) is 4.46. The molecular weight excluding hydrogens is 258 g/mol. The maximum Gasteiger partial charge on any atom is 0.231 e. The fourth-order valence-electron chi connectivity index (χ4n) is 2.39. The van der Waals surface area contributed by atoms with Gasteiger partial charge in [0.15, 0.2) is 0 Å². The lowest BCUT2D eigenvalue weighted by atomic mass is 10.1. The van der Waals surface area contributed by atoms with Gasteiger partial charge in [-0.2, -0.15) is 0 Å². The summed E-state index contributed by atoms with van der Waals surface area (Å²) in [5, 5.41) is 0. The maximum absolute atomic E-state index is 12.6. The van der Waals surface area contributed by atoms with E-state index in [1.807, 2.05) is 29.2 Å². The molecule has 2 rings (SSSR count). The molecule has 0 radical (unpaired) electrons. The second-order valence-corrected chi connectivity index (χ2v) is 5.55. The molecule has 0 atom stereocenters. The largest absolute Gasteiger partial charge is 0.312 e. The summed E-state index contributed by atoms with van der Waals surface area (Å²) in [5.74, 6) is 0.159. The van der Waals surface area contributed by atoms with Crippen LogP contribution >= 0.6 is 0 Å². The van der Waals surface area contributed by atoms with E-state index in [0.717, 1.165) is 24.2 Å². The normalized spacial score (nSPS) is 10.4. The van der Waals surface area contributed by atoms with Crippen LogP contribution in [0.15, 0.2) is 48.5 Å². The minimum atomic E-state index is 0.159. The number of nitrogens with zero attached hydrogens (tertiary/aromatic N) is 1. The minimum absolute atomic E-state index is 0.159. The Kier molecular flexibility index (Phi) is 5.15. The van der Waals surface area contributed by atoms with Gasteiger partial charge in [0.25, 0.3) is 0 Å². The van der Waals surface area contributed by atoms with Gasteiger partial charge in [0.2, 0.25) is 5.91 Å². The Hall–Kier alpha value is -2.09. The third-order valence-corrected chi connectivity index (χ3v) is 3.54. The summed E-state index contributed by atoms with van der Waals surface area (Å²) < 4.78 is 0. The molecule has 0 aliphatic rings. The molecule has 1 amide bonds. The predicted molar refractivity (Wildman–Crippen MR) is 88.7 cm³/mol. The molecule has 0 bridgehead atoms. The number of carbonyl (C=O) groups is 1. The molecular formula is C19H23NO. The van der Waals surface area contributed by atoms with Crippen molar-refractivity contribution in [2.45, 2.75) is 33.6 Å². The lowest BCUT2D eigenvalue weighted by Gasteiger charge is -2.23. The van der Waals surface area contributed by atoms with E-state index in [-0.39, 0.29) is 5.91 Å². The molecule has 0 spiro atoms. The second-order valence-electron chi connectivity index (χ2n) is 5.55. The van der Waals surface area contributed by atoms with Crippen molar-refractivity contribution in [1.29, 1.82) is 0 Å². The molecule has 0 aliphatic heterocycles. The topological polar surface area (TPSA) is 20.3 Å². The number of aryl methyl sites for hydroxylation is 2. The molecule has 0 heterocycles. The van der Waals surface area contributed by atoms with Crippen LogP contribution in [-0.2, 0) is 11.2 Å². The fraction of sp³-hybridized carbons (Fsp3) is 0.316. The van der Waals surface area contributed by atoms with Gasteiger partial charge in [-0.1, -0.05) is 48.9 Å². The first-order chi connectivity index (χ1) is 10.1. The Morgan fingerprint density at radius 3 is 2.33 bits per heavy atom. The molecule has 21 heavy (non-hydrogen) atoms. The molecule has 2 aromatic carbocycles. The van der Waals surface area contributed by atoms with Crippen LogP contribution in [0.25, 0.3) is 0 Å². The van der Waals surface area contributed by atoms with Crippen LogP contribution in [0.3, 0.4) is 0 Å². The van der Waals surface area contributed by atoms with Crippen LogP contribution in [0, 0.1) is 13.8 Å². The van der Waals surface area contributed by atoms with Gasteiger partial charge < -0.3 is 4.90 Å². The predicted octanol–water partition coefficient (Wildman–Crippen LogP) is 4.29. The number of anilines is 1. The zero-order valence-electron chi connectivity index (χ0n) is 13.1. The zero-order chi connectivity index (χ0) is 15.2. The molecule has 0 aromatic heterocycles. The molecule has 2 aromatic rings. The van der Waals surface area contributed by atoms with E-state index in [0.29, 0.717) is 6.42 Å². The Balaban J connectivity index is 2.17. The highest BCUT2D eigenvalue weighted by molar-refractivity contribution is 5.94. The second kappa shape index (κ2) is 7.07. The molecule has 110 valence electrons. The molecule has 2 nitrogen and oxygen atoms in total. The number of hydrogen-bond acceptors (Lipinski definition) is 1. The Labute approximate surface area is 127 Å². The van der Waals surface area contributed by atoms with Crippen LogP contribution in [0.4, 0.5) is 5.69 Å². The van der Waals surface area contributed by atoms with Gasteiger partial charge in [-0.15, -0.1) is 0 Å². The first kappa shape index (κ1) is 15.3. The van der Waals surface area contributed by atoms with Gasteiger partial charge in [0.1, 0.15) is 0 Å². The molecule has 0 saturated carbocycles. The first-order valence-corrected chi connectivity index (χ1v) is 7.52. The summed E-state index contributed by atoms with van der Waals surface area (Å²) in [7, 11) is 0. The number of carbonyl (C=O) groups excluding carboxylic acids is 1. The van der Waals surface area contributed by atoms with Gasteiger partial charge in [-0.25, -0.2) is 0 Å². The summed E-state index contributed by atoms with van der Waals surface area (Å²) in [6, 6.07) is 16.3. The van der Waals surface area contributed by atoms with Gasteiger partial charge in [0.05, 0.1) is 6.42 Å². The lowest BCUT2D eigenvalue weighted by molar-refractivity contribution is -0.118. The van der Waals surface area contributed by atoms with Crippen molar-refractivity contribution in [3.8, 4) is 0 Å². The summed E-state index contributed by atoms with van der Waals surface area (Å²) in [6.45, 7) is 6.97. The SMILES string of the molecule is CCCN(C(=O)Cc1ccc(C)cc1)c1cccc(C)c1. The highest BCUT2D eigenvalue weighted by atomic mass is 16.2. The van der Waals surface area contributed by atoms with Crippen molar-refractivity contribution in [2.75, 3.05) is 11.4 Å². The monoisotopic (exact) mass is 281 g/mol. The maximum atomic E-state index is 12.6. The molecule has 0 unspecified atom stereocenters. The average molecular weight is 281 g/mol. The van der Waals surface area contributed by atoms with Crippen molar-refractivity contribution in [3.05, 3.63) is 65.2 Å². The van der Waals surface area contributed by atoms with E-state index in [9.17, 15) is 4.79 Å². The van der Waals surface area contributed by atoms with Crippen molar-refractivity contribution in [3.63, 3.8) is 0 Å². The number of rotatable bonds is 5. The van der Waals surface area contributed by atoms with Crippen LogP contribution in [0.5, 0.6) is 0 Å². The van der Waals surface area contributed by atoms with E-state index >= 15 is 0 Å². The summed E-state index contributed by atoms with van der Waals surface area (Å²) in [4.78, 5) is 14.5. The van der Waals surface area contributed by atoms with Crippen LogP contribution in [0.2, 0.25) is 0 Å². The highest BCUT2D eigenvalue weighted by Crippen LogP contribution is 2.18. The van der Waals surface area contributed by atoms with E-state index < -0.39 is 0 Å². The van der Waals surface area contributed by atoms with Crippen LogP contribution in [0.1, 0.15) is 30.0 Å². The third kappa shape index (κ3) is 4.19. The quantitative estimate of drug-likeness (QED) is 0.800. The number of amides is 1. The first-order valence-electron chi connectivity index (χ1n) is 7.52. The van der Waals surface area contributed by atoms with Crippen molar-refractivity contribution in [1.82, 2.24) is 0 Å². The average Bonchev–Trinajstić information content (AvgIpc) is 2.47. The van der Waals surface area contributed by atoms with Gasteiger partial charge in [-0.3, -0.25) is 4.79 Å². The van der Waals surface area contributed by atoms with E-state index in [4.69, 9.17) is 0 Å². The molecule has 0 saturated heterocycles. The van der Waals surface area contributed by atoms with Crippen molar-refractivity contribution < 1.29 is 4.79 Å². The van der Waals surface area contributed by atoms with Crippen LogP contribution in [-0.4, -0.2) is 12.5 Å².